The summed E-state index contributed by atoms with van der Waals surface area (Å²) in [6, 6.07) is 19.9. The van der Waals surface area contributed by atoms with E-state index in [1.165, 1.54) is 49.3 Å². The standard InChI is InChI=1S/C31H22FN5O5/c1-18(38)37-16-21(19-6-4-3-5-7-19)29-25(37)12-13-33-31(29)42-26-9-8-20(14-22(26)32)36-30(39)24-15-23(34-17-35-24)27-10-11-28(40-2)41-27/h3-17H,1-2H3,(H,36,39). The zero-order chi connectivity index (χ0) is 29.2. The van der Waals surface area contributed by atoms with Crippen LogP contribution in [-0.4, -0.2) is 38.4 Å². The Balaban J connectivity index is 1.26. The number of pyridine rings is 1. The smallest absolute Gasteiger partial charge is 0.284 e. The van der Waals surface area contributed by atoms with Crippen LogP contribution in [0.3, 0.4) is 0 Å². The maximum atomic E-state index is 15.3. The molecule has 0 fully saturated rings. The number of ether oxygens (including phenoxy) is 2. The van der Waals surface area contributed by atoms with Gasteiger partial charge in [-0.3, -0.25) is 14.2 Å². The normalized spacial score (nSPS) is 10.9. The molecular weight excluding hydrogens is 541 g/mol. The minimum Gasteiger partial charge on any atom is -0.468 e. The number of hydrogen-bond acceptors (Lipinski definition) is 8. The zero-order valence-corrected chi connectivity index (χ0v) is 22.4. The van der Waals surface area contributed by atoms with E-state index >= 15 is 4.39 Å². The van der Waals surface area contributed by atoms with Crippen LogP contribution in [0.2, 0.25) is 0 Å². The lowest BCUT2D eigenvalue weighted by Gasteiger charge is -2.11. The first-order valence-corrected chi connectivity index (χ1v) is 12.7. The van der Waals surface area contributed by atoms with E-state index in [1.54, 1.807) is 24.4 Å². The van der Waals surface area contributed by atoms with Crippen molar-refractivity contribution < 1.29 is 27.9 Å². The Labute approximate surface area is 238 Å². The summed E-state index contributed by atoms with van der Waals surface area (Å²) in [5, 5.41) is 3.18. The van der Waals surface area contributed by atoms with E-state index < -0.39 is 11.7 Å². The number of methoxy groups -OCH3 is 1. The summed E-state index contributed by atoms with van der Waals surface area (Å²) in [6.45, 7) is 1.46. The number of carbonyl (C=O) groups is 2. The summed E-state index contributed by atoms with van der Waals surface area (Å²) in [7, 11) is 1.47. The summed E-state index contributed by atoms with van der Waals surface area (Å²) in [4.78, 5) is 37.7. The quantitative estimate of drug-likeness (QED) is 0.230. The van der Waals surface area contributed by atoms with Crippen LogP contribution < -0.4 is 14.8 Å². The summed E-state index contributed by atoms with van der Waals surface area (Å²) in [5.41, 5.74) is 2.75. The van der Waals surface area contributed by atoms with Gasteiger partial charge in [0.25, 0.3) is 11.9 Å². The maximum Gasteiger partial charge on any atom is 0.284 e. The van der Waals surface area contributed by atoms with Crippen molar-refractivity contribution >= 4 is 28.4 Å². The van der Waals surface area contributed by atoms with Crippen molar-refractivity contribution in [3.63, 3.8) is 0 Å². The Bertz CT molecular complexity index is 1950. The van der Waals surface area contributed by atoms with E-state index in [4.69, 9.17) is 13.9 Å². The SMILES string of the molecule is COc1ccc(-c2cc(C(=O)Nc3ccc(Oc4nccc5c4c(-c4ccccc4)cn5C(C)=O)c(F)c3)ncn2)o1. The lowest BCUT2D eigenvalue weighted by molar-refractivity contribution is 0.0941. The van der Waals surface area contributed by atoms with E-state index in [2.05, 4.69) is 20.3 Å². The minimum atomic E-state index is -0.732. The van der Waals surface area contributed by atoms with E-state index in [-0.39, 0.29) is 28.9 Å². The molecule has 42 heavy (non-hydrogen) atoms. The predicted octanol–water partition coefficient (Wildman–Crippen LogP) is 6.61. The predicted molar refractivity (Wildman–Crippen MR) is 152 cm³/mol. The number of carbonyl (C=O) groups excluding carboxylic acids is 2. The summed E-state index contributed by atoms with van der Waals surface area (Å²) >= 11 is 0. The number of aromatic nitrogens is 4. The van der Waals surface area contributed by atoms with Gasteiger partial charge < -0.3 is 19.2 Å². The highest BCUT2D eigenvalue weighted by Gasteiger charge is 2.20. The van der Waals surface area contributed by atoms with Gasteiger partial charge in [-0.15, -0.1) is 0 Å². The molecule has 6 rings (SSSR count). The van der Waals surface area contributed by atoms with Crippen molar-refractivity contribution in [1.82, 2.24) is 19.5 Å². The molecule has 0 atom stereocenters. The third kappa shape index (κ3) is 5.06. The molecule has 11 heteroatoms. The van der Waals surface area contributed by atoms with Gasteiger partial charge in [-0.2, -0.15) is 0 Å². The van der Waals surface area contributed by atoms with Gasteiger partial charge >= 0.3 is 0 Å². The van der Waals surface area contributed by atoms with Gasteiger partial charge in [0.15, 0.2) is 17.3 Å². The fraction of sp³-hybridized carbons (Fsp3) is 0.0645. The molecule has 1 N–H and O–H groups in total. The van der Waals surface area contributed by atoms with Gasteiger partial charge in [-0.25, -0.2) is 19.3 Å². The highest BCUT2D eigenvalue weighted by molar-refractivity contribution is 6.04. The first kappa shape index (κ1) is 26.4. The number of rotatable bonds is 7. The summed E-state index contributed by atoms with van der Waals surface area (Å²) < 4.78 is 33.2. The Morgan fingerprint density at radius 3 is 2.55 bits per heavy atom. The topological polar surface area (TPSA) is 121 Å². The van der Waals surface area contributed by atoms with Crippen molar-refractivity contribution in [1.29, 1.82) is 0 Å². The molecule has 0 unspecified atom stereocenters. The van der Waals surface area contributed by atoms with Gasteiger partial charge in [0, 0.05) is 42.7 Å². The van der Waals surface area contributed by atoms with Gasteiger partial charge in [0.1, 0.15) is 17.7 Å². The lowest BCUT2D eigenvalue weighted by Crippen LogP contribution is -2.14. The van der Waals surface area contributed by atoms with Crippen LogP contribution in [0.1, 0.15) is 22.2 Å². The number of fused-ring (bicyclic) bond motifs is 1. The van der Waals surface area contributed by atoms with E-state index in [1.807, 2.05) is 30.3 Å². The van der Waals surface area contributed by atoms with E-state index in [0.717, 1.165) is 11.6 Å². The largest absolute Gasteiger partial charge is 0.468 e. The molecule has 0 aliphatic carbocycles. The number of halogens is 1. The van der Waals surface area contributed by atoms with E-state index in [0.29, 0.717) is 33.9 Å². The second-order valence-corrected chi connectivity index (χ2v) is 9.12. The number of nitrogens with zero attached hydrogens (tertiary/aromatic N) is 4. The molecule has 0 saturated heterocycles. The van der Waals surface area contributed by atoms with Crippen LogP contribution in [0.15, 0.2) is 95.9 Å². The fourth-order valence-electron chi connectivity index (χ4n) is 4.47. The van der Waals surface area contributed by atoms with Crippen LogP contribution in [0.25, 0.3) is 33.5 Å². The van der Waals surface area contributed by atoms with Gasteiger partial charge in [0.2, 0.25) is 11.8 Å². The third-order valence-corrected chi connectivity index (χ3v) is 6.44. The molecular formula is C31H22FN5O5. The molecule has 0 radical (unpaired) electrons. The molecule has 6 aromatic rings. The molecule has 0 spiro atoms. The number of amides is 1. The molecule has 0 aliphatic heterocycles. The van der Waals surface area contributed by atoms with Crippen molar-refractivity contribution in [3.8, 4) is 40.2 Å². The number of furan rings is 1. The molecule has 1 amide bonds. The first-order valence-electron chi connectivity index (χ1n) is 12.7. The van der Waals surface area contributed by atoms with Crippen molar-refractivity contribution in [2.75, 3.05) is 12.4 Å². The minimum absolute atomic E-state index is 0.0513. The second kappa shape index (κ2) is 11.0. The number of anilines is 1. The molecule has 4 aromatic heterocycles. The highest BCUT2D eigenvalue weighted by Crippen LogP contribution is 2.38. The molecule has 2 aromatic carbocycles. The molecule has 0 bridgehead atoms. The van der Waals surface area contributed by atoms with Gasteiger partial charge in [-0.1, -0.05) is 30.3 Å². The zero-order valence-electron chi connectivity index (χ0n) is 22.4. The molecule has 208 valence electrons. The van der Waals surface area contributed by atoms with Crippen molar-refractivity contribution in [2.45, 2.75) is 6.92 Å². The van der Waals surface area contributed by atoms with Crippen LogP contribution >= 0.6 is 0 Å². The summed E-state index contributed by atoms with van der Waals surface area (Å²) in [5.74, 6) is -0.783. The average Bonchev–Trinajstić information content (AvgIpc) is 3.65. The van der Waals surface area contributed by atoms with Crippen LogP contribution in [0, 0.1) is 5.82 Å². The van der Waals surface area contributed by atoms with Crippen LogP contribution in [0.5, 0.6) is 17.6 Å². The van der Waals surface area contributed by atoms with E-state index in [9.17, 15) is 9.59 Å². The number of hydrogen-bond donors (Lipinski definition) is 1. The Kier molecular flexibility index (Phi) is 6.89. The van der Waals surface area contributed by atoms with Gasteiger partial charge in [-0.05, 0) is 35.9 Å². The maximum absolute atomic E-state index is 15.3. The lowest BCUT2D eigenvalue weighted by atomic mass is 10.1. The summed E-state index contributed by atoms with van der Waals surface area (Å²) in [6.07, 6.45) is 4.44. The Hall–Kier alpha value is -5.84. The Morgan fingerprint density at radius 2 is 1.81 bits per heavy atom. The van der Waals surface area contributed by atoms with Crippen LogP contribution in [-0.2, 0) is 0 Å². The van der Waals surface area contributed by atoms with Crippen molar-refractivity contribution in [3.05, 3.63) is 103 Å². The Morgan fingerprint density at radius 1 is 0.976 bits per heavy atom. The molecule has 0 saturated carbocycles. The average molecular weight is 564 g/mol. The molecule has 4 heterocycles. The monoisotopic (exact) mass is 563 g/mol. The van der Waals surface area contributed by atoms with Crippen molar-refractivity contribution in [2.24, 2.45) is 0 Å². The number of benzene rings is 2. The molecule has 0 aliphatic rings. The fourth-order valence-corrected chi connectivity index (χ4v) is 4.47. The van der Waals surface area contributed by atoms with Gasteiger partial charge in [0.05, 0.1) is 18.0 Å². The van der Waals surface area contributed by atoms with Crippen LogP contribution in [0.4, 0.5) is 10.1 Å². The second-order valence-electron chi connectivity index (χ2n) is 9.12. The highest BCUT2D eigenvalue weighted by atomic mass is 19.1. The first-order chi connectivity index (χ1) is 20.4. The number of nitrogens with one attached hydrogen (secondary N) is 1. The molecule has 10 nitrogen and oxygen atoms in total. The third-order valence-electron chi connectivity index (χ3n) is 6.44.